The highest BCUT2D eigenvalue weighted by Gasteiger charge is 2.31. The van der Waals surface area contributed by atoms with E-state index in [9.17, 15) is 4.79 Å². The Morgan fingerprint density at radius 3 is 2.69 bits per heavy atom. The lowest BCUT2D eigenvalue weighted by atomic mass is 10.2. The minimum Gasteiger partial charge on any atom is -0.495 e. The third-order valence-corrected chi connectivity index (χ3v) is 5.08. The molecule has 0 radical (unpaired) electrons. The van der Waals surface area contributed by atoms with E-state index in [2.05, 4.69) is 10.5 Å². The number of nitrogens with zero attached hydrogens (tertiary/aromatic N) is 1. The summed E-state index contributed by atoms with van der Waals surface area (Å²) in [6.07, 6.45) is 0. The van der Waals surface area contributed by atoms with Crippen molar-refractivity contribution in [2.75, 3.05) is 38.6 Å². The zero-order valence-electron chi connectivity index (χ0n) is 15.7. The molecule has 0 unspecified atom stereocenters. The second-order valence-electron chi connectivity index (χ2n) is 6.93. The van der Waals surface area contributed by atoms with Crippen LogP contribution >= 0.6 is 0 Å². The Balaban J connectivity index is 1.51. The van der Waals surface area contributed by atoms with Gasteiger partial charge in [-0.1, -0.05) is 17.3 Å². The largest absolute Gasteiger partial charge is 0.495 e. The average Bonchev–Trinajstić information content (AvgIpc) is 3.07. The Hall–Kier alpha value is -2.38. The predicted octanol–water partition coefficient (Wildman–Crippen LogP) is -0.698. The number of rotatable bonds is 6. The molecule has 1 aromatic heterocycles. The zero-order valence-corrected chi connectivity index (χ0v) is 15.7. The Labute approximate surface area is 153 Å². The van der Waals surface area contributed by atoms with E-state index in [1.165, 1.54) is 9.80 Å². The van der Waals surface area contributed by atoms with Gasteiger partial charge in [-0.05, 0) is 26.0 Å². The van der Waals surface area contributed by atoms with E-state index in [1.54, 1.807) is 7.11 Å². The summed E-state index contributed by atoms with van der Waals surface area (Å²) in [5.41, 5.74) is 1.72. The van der Waals surface area contributed by atoms with Gasteiger partial charge in [-0.25, -0.2) is 0 Å². The second-order valence-corrected chi connectivity index (χ2v) is 6.93. The number of methoxy groups -OCH3 is 1. The van der Waals surface area contributed by atoms with Crippen LogP contribution in [-0.2, 0) is 11.3 Å². The molecule has 0 spiro atoms. The van der Waals surface area contributed by atoms with Crippen LogP contribution in [0.5, 0.6) is 5.75 Å². The summed E-state index contributed by atoms with van der Waals surface area (Å²) >= 11 is 0. The van der Waals surface area contributed by atoms with Crippen molar-refractivity contribution in [3.05, 3.63) is 41.8 Å². The Morgan fingerprint density at radius 2 is 2.04 bits per heavy atom. The van der Waals surface area contributed by atoms with Crippen molar-refractivity contribution < 1.29 is 23.9 Å². The van der Waals surface area contributed by atoms with Crippen molar-refractivity contribution in [3.63, 3.8) is 0 Å². The van der Waals surface area contributed by atoms with Gasteiger partial charge in [-0.2, -0.15) is 0 Å². The molecule has 26 heavy (non-hydrogen) atoms. The van der Waals surface area contributed by atoms with Crippen molar-refractivity contribution in [1.82, 2.24) is 5.16 Å². The van der Waals surface area contributed by atoms with Crippen LogP contribution in [0.15, 0.2) is 34.9 Å². The van der Waals surface area contributed by atoms with Gasteiger partial charge < -0.3 is 24.4 Å². The summed E-state index contributed by atoms with van der Waals surface area (Å²) in [6.45, 7) is 8.76. The first-order valence-electron chi connectivity index (χ1n) is 9.11. The molecule has 1 saturated heterocycles. The average molecular weight is 360 g/mol. The number of piperazine rings is 1. The number of hydrogen-bond acceptors (Lipinski definition) is 4. The lowest BCUT2D eigenvalue weighted by molar-refractivity contribution is -1.02. The number of carbonyl (C=O) groups excluding carboxylic acids is 1. The van der Waals surface area contributed by atoms with Gasteiger partial charge in [0.05, 0.1) is 12.8 Å². The lowest BCUT2D eigenvalue weighted by Gasteiger charge is -2.32. The smallest absolute Gasteiger partial charge is 0.282 e. The number of aryl methyl sites for hydroxylation is 1. The fraction of sp³-hybridized carbons (Fsp3) is 0.474. The van der Waals surface area contributed by atoms with Crippen LogP contribution in [0.1, 0.15) is 18.4 Å². The van der Waals surface area contributed by atoms with Crippen LogP contribution in [0.25, 0.3) is 0 Å². The van der Waals surface area contributed by atoms with E-state index in [1.807, 2.05) is 44.2 Å². The van der Waals surface area contributed by atoms with Gasteiger partial charge in [0.1, 0.15) is 49.9 Å². The molecule has 3 rings (SSSR count). The third-order valence-electron chi connectivity index (χ3n) is 5.08. The first-order chi connectivity index (χ1) is 12.6. The van der Waals surface area contributed by atoms with Crippen LogP contribution in [0.4, 0.5) is 5.69 Å². The summed E-state index contributed by atoms with van der Waals surface area (Å²) < 4.78 is 10.4. The minimum absolute atomic E-state index is 0.0278. The van der Waals surface area contributed by atoms with Gasteiger partial charge in [0.25, 0.3) is 5.91 Å². The monoisotopic (exact) mass is 360 g/mol. The number of nitrogens with one attached hydrogen (secondary N) is 3. The lowest BCUT2D eigenvalue weighted by Crippen LogP contribution is -3.29. The van der Waals surface area contributed by atoms with Crippen LogP contribution < -0.4 is 19.9 Å². The molecular formula is C19H28N4O3+2. The second kappa shape index (κ2) is 8.33. The van der Waals surface area contributed by atoms with E-state index in [-0.39, 0.29) is 11.9 Å². The molecule has 140 valence electrons. The van der Waals surface area contributed by atoms with Gasteiger partial charge in [0, 0.05) is 6.07 Å². The number of hydrogen-bond donors (Lipinski definition) is 3. The first kappa shape index (κ1) is 18.4. The van der Waals surface area contributed by atoms with E-state index >= 15 is 0 Å². The number of anilines is 1. The highest BCUT2D eigenvalue weighted by atomic mass is 16.5. The van der Waals surface area contributed by atoms with Crippen molar-refractivity contribution >= 4 is 11.6 Å². The topological polar surface area (TPSA) is 73.2 Å². The van der Waals surface area contributed by atoms with Crippen LogP contribution in [-0.4, -0.2) is 50.4 Å². The summed E-state index contributed by atoms with van der Waals surface area (Å²) in [4.78, 5) is 15.4. The van der Waals surface area contributed by atoms with E-state index in [0.29, 0.717) is 5.75 Å². The molecular weight excluding hydrogens is 332 g/mol. The summed E-state index contributed by atoms with van der Waals surface area (Å²) in [6, 6.07) is 9.39. The number of benzene rings is 1. The maximum absolute atomic E-state index is 12.6. The van der Waals surface area contributed by atoms with Crippen molar-refractivity contribution in [3.8, 4) is 5.75 Å². The molecule has 7 nitrogen and oxygen atoms in total. The molecule has 1 amide bonds. The Morgan fingerprint density at radius 1 is 1.31 bits per heavy atom. The molecule has 2 heterocycles. The highest BCUT2D eigenvalue weighted by Crippen LogP contribution is 2.22. The van der Waals surface area contributed by atoms with Crippen molar-refractivity contribution in [1.29, 1.82) is 0 Å². The van der Waals surface area contributed by atoms with Crippen molar-refractivity contribution in [2.45, 2.75) is 26.4 Å². The molecule has 1 fully saturated rings. The molecule has 3 N–H and O–H groups in total. The summed E-state index contributed by atoms with van der Waals surface area (Å²) in [5, 5.41) is 7.08. The fourth-order valence-corrected chi connectivity index (χ4v) is 3.47. The first-order valence-corrected chi connectivity index (χ1v) is 9.11. The van der Waals surface area contributed by atoms with Crippen LogP contribution in [0.2, 0.25) is 0 Å². The molecule has 1 aliphatic heterocycles. The SMILES string of the molecule is COc1ccccc1NC(=O)[C@H](C)[NH+]1CC[NH+](Cc2cc(C)on2)CC1. The van der Waals surface area contributed by atoms with E-state index in [0.717, 1.165) is 49.9 Å². The number of aromatic nitrogens is 1. The molecule has 2 aromatic rings. The van der Waals surface area contributed by atoms with Gasteiger partial charge in [0.2, 0.25) is 0 Å². The van der Waals surface area contributed by atoms with E-state index in [4.69, 9.17) is 9.26 Å². The standard InChI is InChI=1S/C19H26N4O3/c1-14-12-16(21-26-14)13-22-8-10-23(11-9-22)15(2)19(24)20-17-6-4-5-7-18(17)25-3/h4-7,12,15H,8-11,13H2,1-3H3,(H,20,24)/p+2/t15-/m0/s1. The predicted molar refractivity (Wildman–Crippen MR) is 97.4 cm³/mol. The van der Waals surface area contributed by atoms with Crippen LogP contribution in [0, 0.1) is 6.92 Å². The highest BCUT2D eigenvalue weighted by molar-refractivity contribution is 5.94. The summed E-state index contributed by atoms with van der Waals surface area (Å²) in [7, 11) is 1.61. The molecule has 7 heteroatoms. The summed E-state index contributed by atoms with van der Waals surface area (Å²) in [5.74, 6) is 1.56. The number of quaternary nitrogens is 2. The number of ether oxygens (including phenoxy) is 1. The Kier molecular flexibility index (Phi) is 5.90. The molecule has 0 saturated carbocycles. The molecule has 1 aliphatic rings. The van der Waals surface area contributed by atoms with Gasteiger partial charge >= 0.3 is 0 Å². The third kappa shape index (κ3) is 4.42. The molecule has 0 aliphatic carbocycles. The maximum atomic E-state index is 12.6. The quantitative estimate of drug-likeness (QED) is 0.637. The number of carbonyl (C=O) groups is 1. The Bertz CT molecular complexity index is 738. The fourth-order valence-electron chi connectivity index (χ4n) is 3.47. The van der Waals surface area contributed by atoms with Crippen LogP contribution in [0.3, 0.4) is 0 Å². The minimum atomic E-state index is -0.101. The van der Waals surface area contributed by atoms with Gasteiger partial charge in [0.15, 0.2) is 6.04 Å². The molecule has 1 aromatic carbocycles. The normalized spacial score (nSPS) is 21.2. The van der Waals surface area contributed by atoms with E-state index < -0.39 is 0 Å². The molecule has 1 atom stereocenters. The number of para-hydroxylation sites is 2. The van der Waals surface area contributed by atoms with Gasteiger partial charge in [-0.3, -0.25) is 4.79 Å². The zero-order chi connectivity index (χ0) is 18.5. The van der Waals surface area contributed by atoms with Crippen molar-refractivity contribution in [2.24, 2.45) is 0 Å². The van der Waals surface area contributed by atoms with Gasteiger partial charge in [-0.15, -0.1) is 0 Å². The molecule has 0 bridgehead atoms. The number of amides is 1. The maximum Gasteiger partial charge on any atom is 0.282 e.